The van der Waals surface area contributed by atoms with Crippen molar-refractivity contribution in [2.75, 3.05) is 6.54 Å². The van der Waals surface area contributed by atoms with E-state index < -0.39 is 17.9 Å². The maximum absolute atomic E-state index is 11.9. The van der Waals surface area contributed by atoms with Gasteiger partial charge in [-0.25, -0.2) is 0 Å². The van der Waals surface area contributed by atoms with Crippen molar-refractivity contribution in [3.63, 3.8) is 0 Å². The smallest absolute Gasteiger partial charge is 0.309 e. The summed E-state index contributed by atoms with van der Waals surface area (Å²) in [7, 11) is 0. The zero-order valence-corrected chi connectivity index (χ0v) is 12.6. The molecule has 1 heterocycles. The molecule has 1 fully saturated rings. The Morgan fingerprint density at radius 1 is 1.58 bits per heavy atom. The Hall–Kier alpha value is -1.07. The van der Waals surface area contributed by atoms with Crippen molar-refractivity contribution in [2.24, 2.45) is 5.92 Å². The summed E-state index contributed by atoms with van der Waals surface area (Å²) in [5.74, 6) is -1.85. The van der Waals surface area contributed by atoms with Gasteiger partial charge in [0.05, 0.1) is 12.0 Å². The number of halogens is 2. The first-order valence-corrected chi connectivity index (χ1v) is 7.10. The van der Waals surface area contributed by atoms with Gasteiger partial charge in [0, 0.05) is 22.5 Å². The molecule has 19 heavy (non-hydrogen) atoms. The molecular formula is C13H13BrClNO3. The predicted octanol–water partition coefficient (Wildman–Crippen LogP) is 3.10. The Labute approximate surface area is 124 Å². The van der Waals surface area contributed by atoms with Crippen LogP contribution in [0.3, 0.4) is 0 Å². The summed E-state index contributed by atoms with van der Waals surface area (Å²) >= 11 is 9.50. The third-order valence-electron chi connectivity index (χ3n) is 3.37. The lowest BCUT2D eigenvalue weighted by atomic mass is 9.93. The molecule has 102 valence electrons. The number of carbonyl (C=O) groups is 2. The number of hydrogen-bond acceptors (Lipinski definition) is 2. The van der Waals surface area contributed by atoms with Gasteiger partial charge in [-0.1, -0.05) is 33.6 Å². The number of amides is 1. The van der Waals surface area contributed by atoms with Crippen LogP contribution in [0.15, 0.2) is 22.7 Å². The van der Waals surface area contributed by atoms with Gasteiger partial charge in [-0.15, -0.1) is 0 Å². The number of nitrogens with zero attached hydrogens (tertiary/aromatic N) is 1. The summed E-state index contributed by atoms with van der Waals surface area (Å²) < 4.78 is 0.820. The fourth-order valence-corrected chi connectivity index (χ4v) is 3.30. The number of rotatable bonds is 3. The van der Waals surface area contributed by atoms with Crippen molar-refractivity contribution in [1.29, 1.82) is 0 Å². The Balaban J connectivity index is 2.48. The number of carboxylic acids is 1. The number of benzene rings is 1. The molecule has 2 rings (SSSR count). The van der Waals surface area contributed by atoms with Crippen LogP contribution in [0.2, 0.25) is 5.02 Å². The van der Waals surface area contributed by atoms with Crippen molar-refractivity contribution in [1.82, 2.24) is 4.90 Å². The zero-order chi connectivity index (χ0) is 14.2. The van der Waals surface area contributed by atoms with E-state index in [0.29, 0.717) is 17.1 Å². The van der Waals surface area contributed by atoms with Gasteiger partial charge in [0.1, 0.15) is 0 Å². The molecule has 0 aliphatic carbocycles. The molecule has 0 bridgehead atoms. The highest BCUT2D eigenvalue weighted by atomic mass is 79.9. The van der Waals surface area contributed by atoms with Gasteiger partial charge in [-0.2, -0.15) is 0 Å². The van der Waals surface area contributed by atoms with Gasteiger partial charge in [-0.05, 0) is 24.6 Å². The van der Waals surface area contributed by atoms with Gasteiger partial charge < -0.3 is 10.0 Å². The van der Waals surface area contributed by atoms with Gasteiger partial charge in [-0.3, -0.25) is 9.59 Å². The highest BCUT2D eigenvalue weighted by Crippen LogP contribution is 2.41. The number of aliphatic carboxylic acids is 1. The van der Waals surface area contributed by atoms with E-state index in [2.05, 4.69) is 15.9 Å². The molecule has 0 aromatic heterocycles. The molecule has 1 aromatic carbocycles. The molecule has 0 spiro atoms. The van der Waals surface area contributed by atoms with E-state index in [9.17, 15) is 14.7 Å². The minimum atomic E-state index is -0.965. The van der Waals surface area contributed by atoms with Crippen molar-refractivity contribution in [3.8, 4) is 0 Å². The second kappa shape index (κ2) is 5.51. The SMILES string of the molecule is CCN1C(=O)CC(C(=O)O)C1c1ccc(Br)cc1Cl. The summed E-state index contributed by atoms with van der Waals surface area (Å²) in [5.41, 5.74) is 0.685. The van der Waals surface area contributed by atoms with Crippen LogP contribution in [0.1, 0.15) is 24.9 Å². The van der Waals surface area contributed by atoms with Crippen molar-refractivity contribution in [3.05, 3.63) is 33.3 Å². The highest BCUT2D eigenvalue weighted by molar-refractivity contribution is 9.10. The molecule has 1 N–H and O–H groups in total. The second-order valence-electron chi connectivity index (χ2n) is 4.44. The lowest BCUT2D eigenvalue weighted by Gasteiger charge is -2.26. The average molecular weight is 347 g/mol. The number of likely N-dealkylation sites (tertiary alicyclic amines) is 1. The number of carbonyl (C=O) groups excluding carboxylic acids is 1. The molecule has 1 aliphatic rings. The van der Waals surface area contributed by atoms with E-state index in [0.717, 1.165) is 4.47 Å². The van der Waals surface area contributed by atoms with Crippen LogP contribution in [0.4, 0.5) is 0 Å². The van der Waals surface area contributed by atoms with Crippen LogP contribution in [0, 0.1) is 5.92 Å². The number of hydrogen-bond donors (Lipinski definition) is 1. The molecule has 1 saturated heterocycles. The molecule has 1 amide bonds. The standard InChI is InChI=1S/C13H13BrClNO3/c1-2-16-11(17)6-9(13(18)19)12(16)8-4-3-7(14)5-10(8)15/h3-5,9,12H,2,6H2,1H3,(H,18,19). The summed E-state index contributed by atoms with van der Waals surface area (Å²) in [5, 5.41) is 9.76. The van der Waals surface area contributed by atoms with Crippen LogP contribution in [-0.2, 0) is 9.59 Å². The van der Waals surface area contributed by atoms with E-state index in [-0.39, 0.29) is 12.3 Å². The summed E-state index contributed by atoms with van der Waals surface area (Å²) in [6, 6.07) is 4.80. The van der Waals surface area contributed by atoms with Gasteiger partial charge in [0.25, 0.3) is 0 Å². The van der Waals surface area contributed by atoms with Crippen molar-refractivity contribution >= 4 is 39.4 Å². The first-order chi connectivity index (χ1) is 8.95. The molecule has 6 heteroatoms. The van der Waals surface area contributed by atoms with Crippen molar-refractivity contribution < 1.29 is 14.7 Å². The summed E-state index contributed by atoms with van der Waals surface area (Å²) in [4.78, 5) is 24.8. The Morgan fingerprint density at radius 2 is 2.26 bits per heavy atom. The van der Waals surface area contributed by atoms with Crippen LogP contribution in [0.5, 0.6) is 0 Å². The first-order valence-electron chi connectivity index (χ1n) is 5.93. The second-order valence-corrected chi connectivity index (χ2v) is 5.76. The van der Waals surface area contributed by atoms with E-state index in [1.54, 1.807) is 23.1 Å². The average Bonchev–Trinajstić information content (AvgIpc) is 2.66. The van der Waals surface area contributed by atoms with Crippen LogP contribution in [-0.4, -0.2) is 28.4 Å². The quantitative estimate of drug-likeness (QED) is 0.915. The first kappa shape index (κ1) is 14.3. The minimum absolute atomic E-state index is 0.0280. The topological polar surface area (TPSA) is 57.6 Å². The Kier molecular flexibility index (Phi) is 4.16. The largest absolute Gasteiger partial charge is 0.481 e. The Bertz CT molecular complexity index is 535. The molecule has 4 nitrogen and oxygen atoms in total. The predicted molar refractivity (Wildman–Crippen MR) is 75.0 cm³/mol. The van der Waals surface area contributed by atoms with E-state index in [1.165, 1.54) is 0 Å². The summed E-state index contributed by atoms with van der Waals surface area (Å²) in [6.07, 6.45) is 0.0280. The van der Waals surface area contributed by atoms with Gasteiger partial charge >= 0.3 is 5.97 Å². The maximum atomic E-state index is 11.9. The molecule has 2 unspecified atom stereocenters. The zero-order valence-electron chi connectivity index (χ0n) is 10.3. The third-order valence-corrected chi connectivity index (χ3v) is 4.19. The van der Waals surface area contributed by atoms with Crippen molar-refractivity contribution in [2.45, 2.75) is 19.4 Å². The number of carboxylic acid groups (broad SMARTS) is 1. The fourth-order valence-electron chi connectivity index (χ4n) is 2.51. The van der Waals surface area contributed by atoms with E-state index in [1.807, 2.05) is 6.92 Å². The maximum Gasteiger partial charge on any atom is 0.309 e. The van der Waals surface area contributed by atoms with E-state index in [4.69, 9.17) is 11.6 Å². The van der Waals surface area contributed by atoms with Crippen LogP contribution in [0.25, 0.3) is 0 Å². The summed E-state index contributed by atoms with van der Waals surface area (Å²) in [6.45, 7) is 2.31. The van der Waals surface area contributed by atoms with Crippen LogP contribution < -0.4 is 0 Å². The molecule has 0 saturated carbocycles. The molecular weight excluding hydrogens is 334 g/mol. The fraction of sp³-hybridized carbons (Fsp3) is 0.385. The normalized spacial score (nSPS) is 22.9. The molecule has 0 radical (unpaired) electrons. The Morgan fingerprint density at radius 3 is 2.79 bits per heavy atom. The lowest BCUT2D eigenvalue weighted by molar-refractivity contribution is -0.142. The van der Waals surface area contributed by atoms with Gasteiger partial charge in [0.2, 0.25) is 5.91 Å². The molecule has 2 atom stereocenters. The monoisotopic (exact) mass is 345 g/mol. The van der Waals surface area contributed by atoms with Gasteiger partial charge in [0.15, 0.2) is 0 Å². The minimum Gasteiger partial charge on any atom is -0.481 e. The molecule has 1 aromatic rings. The lowest BCUT2D eigenvalue weighted by Crippen LogP contribution is -2.30. The van der Waals surface area contributed by atoms with E-state index >= 15 is 0 Å². The third kappa shape index (κ3) is 2.62. The van der Waals surface area contributed by atoms with Crippen LogP contribution >= 0.6 is 27.5 Å². The molecule has 1 aliphatic heterocycles. The highest BCUT2D eigenvalue weighted by Gasteiger charge is 2.44.